The number of benzene rings is 1. The molecule has 0 atom stereocenters. The molecule has 0 saturated carbocycles. The summed E-state index contributed by atoms with van der Waals surface area (Å²) in [7, 11) is 0. The zero-order valence-corrected chi connectivity index (χ0v) is 7.25. The van der Waals surface area contributed by atoms with Crippen LogP contribution in [0.4, 0.5) is 14.5 Å². The molecule has 0 saturated heterocycles. The lowest BCUT2D eigenvalue weighted by Crippen LogP contribution is -1.98. The third-order valence-electron chi connectivity index (χ3n) is 1.38. The van der Waals surface area contributed by atoms with Gasteiger partial charge in [-0.1, -0.05) is 11.6 Å². The molecule has 0 radical (unpaired) electrons. The molecular weight excluding hydrogens is 184 g/mol. The summed E-state index contributed by atoms with van der Waals surface area (Å²) in [5.41, 5.74) is 0.415. The van der Waals surface area contributed by atoms with Crippen LogP contribution in [0.1, 0.15) is 6.92 Å². The van der Waals surface area contributed by atoms with Gasteiger partial charge in [-0.25, -0.2) is 8.78 Å². The van der Waals surface area contributed by atoms with E-state index in [0.717, 1.165) is 12.1 Å². The van der Waals surface area contributed by atoms with Crippen molar-refractivity contribution in [3.63, 3.8) is 0 Å². The van der Waals surface area contributed by atoms with E-state index < -0.39 is 11.6 Å². The molecular formula is C8H8ClF2N. The molecule has 66 valence electrons. The fourth-order valence-electron chi connectivity index (χ4n) is 0.848. The summed E-state index contributed by atoms with van der Waals surface area (Å²) in [5.74, 6) is -1.82. The second kappa shape index (κ2) is 3.72. The number of anilines is 1. The summed E-state index contributed by atoms with van der Waals surface area (Å²) in [6, 6.07) is 2.00. The van der Waals surface area contributed by atoms with Crippen LogP contribution in [0.25, 0.3) is 0 Å². The molecule has 4 heteroatoms. The first-order valence-corrected chi connectivity index (χ1v) is 3.91. The molecule has 0 heterocycles. The minimum absolute atomic E-state index is 0.191. The van der Waals surface area contributed by atoms with Gasteiger partial charge in [0.25, 0.3) is 0 Å². The zero-order chi connectivity index (χ0) is 9.14. The molecule has 0 aliphatic rings. The molecule has 0 aliphatic carbocycles. The minimum atomic E-state index is -0.929. The fourth-order valence-corrected chi connectivity index (χ4v) is 1.07. The second-order valence-electron chi connectivity index (χ2n) is 2.28. The smallest absolute Gasteiger partial charge is 0.160 e. The SMILES string of the molecule is CCNc1cc(F)c(F)cc1Cl. The van der Waals surface area contributed by atoms with E-state index in [1.165, 1.54) is 0 Å². The largest absolute Gasteiger partial charge is 0.384 e. The number of hydrogen-bond donors (Lipinski definition) is 1. The van der Waals surface area contributed by atoms with Gasteiger partial charge >= 0.3 is 0 Å². The summed E-state index contributed by atoms with van der Waals surface area (Å²) >= 11 is 5.61. The maximum absolute atomic E-state index is 12.6. The Labute approximate surface area is 74.3 Å². The number of halogens is 3. The van der Waals surface area contributed by atoms with E-state index in [1.807, 2.05) is 6.92 Å². The first kappa shape index (κ1) is 9.26. The van der Waals surface area contributed by atoms with Gasteiger partial charge < -0.3 is 5.32 Å². The number of rotatable bonds is 2. The Morgan fingerprint density at radius 1 is 1.33 bits per heavy atom. The van der Waals surface area contributed by atoms with Crippen LogP contribution < -0.4 is 5.32 Å². The van der Waals surface area contributed by atoms with E-state index in [0.29, 0.717) is 12.2 Å². The van der Waals surface area contributed by atoms with Crippen LogP contribution in [-0.2, 0) is 0 Å². The van der Waals surface area contributed by atoms with Gasteiger partial charge in [0, 0.05) is 12.6 Å². The van der Waals surface area contributed by atoms with Gasteiger partial charge in [0.15, 0.2) is 11.6 Å². The van der Waals surface area contributed by atoms with Crippen molar-refractivity contribution in [2.45, 2.75) is 6.92 Å². The first-order chi connectivity index (χ1) is 5.65. The van der Waals surface area contributed by atoms with E-state index >= 15 is 0 Å². The lowest BCUT2D eigenvalue weighted by Gasteiger charge is -2.05. The van der Waals surface area contributed by atoms with Crippen LogP contribution in [0.2, 0.25) is 5.02 Å². The molecule has 0 aliphatic heterocycles. The Morgan fingerprint density at radius 2 is 1.92 bits per heavy atom. The molecule has 0 spiro atoms. The molecule has 1 N–H and O–H groups in total. The van der Waals surface area contributed by atoms with Crippen LogP contribution in [0.3, 0.4) is 0 Å². The topological polar surface area (TPSA) is 12.0 Å². The highest BCUT2D eigenvalue weighted by Crippen LogP contribution is 2.24. The lowest BCUT2D eigenvalue weighted by atomic mass is 10.3. The van der Waals surface area contributed by atoms with Crippen molar-refractivity contribution in [1.29, 1.82) is 0 Å². The van der Waals surface area contributed by atoms with Gasteiger partial charge in [-0.2, -0.15) is 0 Å². The first-order valence-electron chi connectivity index (χ1n) is 3.53. The predicted octanol–water partition coefficient (Wildman–Crippen LogP) is 3.05. The second-order valence-corrected chi connectivity index (χ2v) is 2.68. The van der Waals surface area contributed by atoms with E-state index in [4.69, 9.17) is 11.6 Å². The summed E-state index contributed by atoms with van der Waals surface area (Å²) in [5, 5.41) is 3.00. The van der Waals surface area contributed by atoms with Crippen LogP contribution in [0.5, 0.6) is 0 Å². The summed E-state index contributed by atoms with van der Waals surface area (Å²) in [6.45, 7) is 2.46. The highest BCUT2D eigenvalue weighted by atomic mass is 35.5. The Bertz CT molecular complexity index is 289. The van der Waals surface area contributed by atoms with E-state index in [9.17, 15) is 8.78 Å². The fraction of sp³-hybridized carbons (Fsp3) is 0.250. The molecule has 0 bridgehead atoms. The number of hydrogen-bond acceptors (Lipinski definition) is 1. The third-order valence-corrected chi connectivity index (χ3v) is 1.69. The summed E-state index contributed by atoms with van der Waals surface area (Å²) < 4.78 is 25.1. The van der Waals surface area contributed by atoms with Crippen molar-refractivity contribution in [3.05, 3.63) is 28.8 Å². The zero-order valence-electron chi connectivity index (χ0n) is 6.50. The molecule has 0 amide bonds. The molecule has 1 nitrogen and oxygen atoms in total. The average molecular weight is 192 g/mol. The molecule has 1 rings (SSSR count). The standard InChI is InChI=1S/C8H8ClF2N/c1-2-12-8-4-7(11)6(10)3-5(8)9/h3-4,12H,2H2,1H3. The monoisotopic (exact) mass is 191 g/mol. The van der Waals surface area contributed by atoms with Gasteiger partial charge in [0.1, 0.15) is 0 Å². The Morgan fingerprint density at radius 3 is 2.50 bits per heavy atom. The average Bonchev–Trinajstić information content (AvgIpc) is 2.01. The van der Waals surface area contributed by atoms with Gasteiger partial charge in [0.05, 0.1) is 10.7 Å². The Kier molecular flexibility index (Phi) is 2.87. The highest BCUT2D eigenvalue weighted by molar-refractivity contribution is 6.33. The molecule has 0 aromatic heterocycles. The van der Waals surface area contributed by atoms with Gasteiger partial charge in [-0.15, -0.1) is 0 Å². The normalized spacial score (nSPS) is 10.0. The molecule has 12 heavy (non-hydrogen) atoms. The van der Waals surface area contributed by atoms with E-state index in [1.54, 1.807) is 0 Å². The molecule has 0 unspecified atom stereocenters. The third kappa shape index (κ3) is 1.85. The summed E-state index contributed by atoms with van der Waals surface area (Å²) in [4.78, 5) is 0. The van der Waals surface area contributed by atoms with Gasteiger partial charge in [-0.3, -0.25) is 0 Å². The van der Waals surface area contributed by atoms with Crippen LogP contribution in [-0.4, -0.2) is 6.54 Å². The van der Waals surface area contributed by atoms with Crippen molar-refractivity contribution < 1.29 is 8.78 Å². The van der Waals surface area contributed by atoms with Crippen molar-refractivity contribution in [2.24, 2.45) is 0 Å². The molecule has 0 fully saturated rings. The number of nitrogens with one attached hydrogen (secondary N) is 1. The minimum Gasteiger partial charge on any atom is -0.384 e. The van der Waals surface area contributed by atoms with E-state index in [-0.39, 0.29) is 5.02 Å². The highest BCUT2D eigenvalue weighted by Gasteiger charge is 2.06. The van der Waals surface area contributed by atoms with Crippen LogP contribution in [0, 0.1) is 11.6 Å². The maximum Gasteiger partial charge on any atom is 0.160 e. The van der Waals surface area contributed by atoms with Crippen LogP contribution >= 0.6 is 11.6 Å². The van der Waals surface area contributed by atoms with Crippen molar-refractivity contribution in [1.82, 2.24) is 0 Å². The van der Waals surface area contributed by atoms with Gasteiger partial charge in [0.2, 0.25) is 0 Å². The van der Waals surface area contributed by atoms with Gasteiger partial charge in [-0.05, 0) is 13.0 Å². The molecule has 1 aromatic rings. The van der Waals surface area contributed by atoms with E-state index in [2.05, 4.69) is 5.32 Å². The quantitative estimate of drug-likeness (QED) is 0.709. The Balaban J connectivity index is 3.05. The lowest BCUT2D eigenvalue weighted by molar-refractivity contribution is 0.509. The van der Waals surface area contributed by atoms with Crippen molar-refractivity contribution >= 4 is 17.3 Å². The van der Waals surface area contributed by atoms with Crippen molar-refractivity contribution in [3.8, 4) is 0 Å². The summed E-state index contributed by atoms with van der Waals surface area (Å²) in [6.07, 6.45) is 0. The Hall–Kier alpha value is -0.830. The van der Waals surface area contributed by atoms with Crippen LogP contribution in [0.15, 0.2) is 12.1 Å². The maximum atomic E-state index is 12.6. The van der Waals surface area contributed by atoms with Crippen molar-refractivity contribution in [2.75, 3.05) is 11.9 Å². The molecule has 1 aromatic carbocycles. The predicted molar refractivity (Wildman–Crippen MR) is 45.5 cm³/mol.